The van der Waals surface area contributed by atoms with Crippen LogP contribution in [0.25, 0.3) is 10.8 Å². The van der Waals surface area contributed by atoms with Crippen molar-refractivity contribution in [2.24, 2.45) is 0 Å². The number of hydrogen-bond donors (Lipinski definition) is 0. The third-order valence-corrected chi connectivity index (χ3v) is 4.77. The predicted molar refractivity (Wildman–Crippen MR) is 81.9 cm³/mol. The van der Waals surface area contributed by atoms with E-state index in [2.05, 4.69) is 33.2 Å². The van der Waals surface area contributed by atoms with Crippen molar-refractivity contribution in [3.8, 4) is 10.8 Å². The highest BCUT2D eigenvalue weighted by molar-refractivity contribution is 7.13. The van der Waals surface area contributed by atoms with Crippen molar-refractivity contribution in [3.05, 3.63) is 29.0 Å². The third kappa shape index (κ3) is 2.95. The molecule has 0 unspecified atom stereocenters. The molecule has 0 saturated carbocycles. The van der Waals surface area contributed by atoms with Gasteiger partial charge in [-0.2, -0.15) is 0 Å². The lowest BCUT2D eigenvalue weighted by Gasteiger charge is -2.33. The summed E-state index contributed by atoms with van der Waals surface area (Å²) in [5.74, 6) is 1.71. The van der Waals surface area contributed by atoms with E-state index in [4.69, 9.17) is 4.42 Å². The highest BCUT2D eigenvalue weighted by Crippen LogP contribution is 2.26. The van der Waals surface area contributed by atoms with Gasteiger partial charge in [-0.05, 0) is 24.9 Å². The zero-order chi connectivity index (χ0) is 13.9. The number of nitrogens with zero attached hydrogens (tertiary/aromatic N) is 3. The van der Waals surface area contributed by atoms with Crippen LogP contribution in [0.1, 0.15) is 18.4 Å². The number of piperazine rings is 1. The molecule has 1 aliphatic rings. The van der Waals surface area contributed by atoms with Crippen LogP contribution in [0.5, 0.6) is 0 Å². The summed E-state index contributed by atoms with van der Waals surface area (Å²) in [6.07, 6.45) is 0. The summed E-state index contributed by atoms with van der Waals surface area (Å²) in [5.41, 5.74) is 1.08. The van der Waals surface area contributed by atoms with Crippen molar-refractivity contribution in [1.29, 1.82) is 0 Å². The average molecular weight is 291 g/mol. The highest BCUT2D eigenvalue weighted by Gasteiger charge is 2.19. The largest absolute Gasteiger partial charge is 0.440 e. The van der Waals surface area contributed by atoms with Gasteiger partial charge in [0.25, 0.3) is 0 Å². The minimum absolute atomic E-state index is 0.764. The second-order valence-electron chi connectivity index (χ2n) is 5.21. The Labute approximate surface area is 124 Å². The molecule has 4 nitrogen and oxygen atoms in total. The Morgan fingerprint density at radius 1 is 1.25 bits per heavy atom. The van der Waals surface area contributed by atoms with Gasteiger partial charge in [0.15, 0.2) is 0 Å². The van der Waals surface area contributed by atoms with Crippen LogP contribution in [0.4, 0.5) is 0 Å². The Morgan fingerprint density at radius 3 is 2.65 bits per heavy atom. The van der Waals surface area contributed by atoms with Crippen LogP contribution in [0.3, 0.4) is 0 Å². The molecule has 2 aromatic rings. The van der Waals surface area contributed by atoms with E-state index in [1.165, 1.54) is 0 Å². The van der Waals surface area contributed by atoms with Crippen molar-refractivity contribution >= 4 is 11.3 Å². The summed E-state index contributed by atoms with van der Waals surface area (Å²) >= 11 is 1.67. The van der Waals surface area contributed by atoms with E-state index in [0.29, 0.717) is 0 Å². The minimum atomic E-state index is 0.764. The summed E-state index contributed by atoms with van der Waals surface area (Å²) in [5, 5.41) is 2.05. The first-order valence-corrected chi connectivity index (χ1v) is 8.09. The molecule has 2 aromatic heterocycles. The Bertz CT molecular complexity index is 541. The summed E-state index contributed by atoms with van der Waals surface area (Å²) < 4.78 is 5.81. The fraction of sp³-hybridized carbons (Fsp3) is 0.533. The minimum Gasteiger partial charge on any atom is -0.440 e. The number of hydrogen-bond acceptors (Lipinski definition) is 5. The molecule has 0 amide bonds. The maximum absolute atomic E-state index is 5.81. The van der Waals surface area contributed by atoms with Crippen molar-refractivity contribution in [3.63, 3.8) is 0 Å². The Balaban J connectivity index is 1.66. The van der Waals surface area contributed by atoms with Crippen LogP contribution in [0.2, 0.25) is 0 Å². The number of rotatable bonds is 4. The fourth-order valence-corrected chi connectivity index (χ4v) is 3.20. The maximum atomic E-state index is 5.81. The van der Waals surface area contributed by atoms with E-state index in [0.717, 1.165) is 61.5 Å². The predicted octanol–water partition coefficient (Wildman–Crippen LogP) is 2.85. The van der Waals surface area contributed by atoms with E-state index in [1.54, 1.807) is 11.3 Å². The van der Waals surface area contributed by atoms with Gasteiger partial charge in [-0.25, -0.2) is 4.98 Å². The molecule has 0 bridgehead atoms. The second-order valence-corrected chi connectivity index (χ2v) is 6.16. The van der Waals surface area contributed by atoms with Crippen molar-refractivity contribution in [2.75, 3.05) is 32.7 Å². The van der Waals surface area contributed by atoms with Crippen LogP contribution < -0.4 is 0 Å². The summed E-state index contributed by atoms with van der Waals surface area (Å²) in [6.45, 7) is 10.9. The first kappa shape index (κ1) is 13.8. The molecule has 0 N–H and O–H groups in total. The molecule has 3 heterocycles. The normalized spacial score (nSPS) is 17.7. The molecule has 0 atom stereocenters. The first-order valence-electron chi connectivity index (χ1n) is 7.21. The van der Waals surface area contributed by atoms with Gasteiger partial charge in [-0.3, -0.25) is 4.90 Å². The lowest BCUT2D eigenvalue weighted by atomic mass is 10.2. The maximum Gasteiger partial charge on any atom is 0.236 e. The monoisotopic (exact) mass is 291 g/mol. The molecule has 5 heteroatoms. The molecule has 1 saturated heterocycles. The molecule has 1 aliphatic heterocycles. The lowest BCUT2D eigenvalue weighted by Crippen LogP contribution is -2.45. The van der Waals surface area contributed by atoms with Gasteiger partial charge in [-0.1, -0.05) is 13.0 Å². The van der Waals surface area contributed by atoms with Crippen LogP contribution in [0.15, 0.2) is 21.9 Å². The van der Waals surface area contributed by atoms with E-state index in [9.17, 15) is 0 Å². The van der Waals surface area contributed by atoms with Crippen LogP contribution in [-0.2, 0) is 6.54 Å². The smallest absolute Gasteiger partial charge is 0.236 e. The average Bonchev–Trinajstić information content (AvgIpc) is 3.10. The number of likely N-dealkylation sites (N-methyl/N-ethyl adjacent to an activating group) is 1. The molecule has 0 aromatic carbocycles. The SMILES string of the molecule is CCN1CCN(Cc2nc(-c3cccs3)oc2C)CC1. The zero-order valence-corrected chi connectivity index (χ0v) is 12.9. The molecular weight excluding hydrogens is 270 g/mol. The van der Waals surface area contributed by atoms with Gasteiger partial charge < -0.3 is 9.32 Å². The Hall–Kier alpha value is -1.17. The standard InChI is InChI=1S/C15H21N3OS/c1-3-17-6-8-18(9-7-17)11-13-12(2)19-15(16-13)14-5-4-10-20-14/h4-5,10H,3,6-9,11H2,1-2H3. The summed E-state index contributed by atoms with van der Waals surface area (Å²) in [7, 11) is 0. The summed E-state index contributed by atoms with van der Waals surface area (Å²) in [6, 6.07) is 4.09. The van der Waals surface area contributed by atoms with Crippen LogP contribution in [-0.4, -0.2) is 47.5 Å². The lowest BCUT2D eigenvalue weighted by molar-refractivity contribution is 0.130. The molecule has 0 aliphatic carbocycles. The Kier molecular flexibility index (Phi) is 4.19. The number of aromatic nitrogens is 1. The fourth-order valence-electron chi connectivity index (χ4n) is 2.56. The second kappa shape index (κ2) is 6.08. The number of oxazole rings is 1. The topological polar surface area (TPSA) is 32.5 Å². The highest BCUT2D eigenvalue weighted by atomic mass is 32.1. The van der Waals surface area contributed by atoms with Crippen molar-refractivity contribution in [1.82, 2.24) is 14.8 Å². The molecule has 0 spiro atoms. The van der Waals surface area contributed by atoms with Gasteiger partial charge >= 0.3 is 0 Å². The molecule has 1 fully saturated rings. The quantitative estimate of drug-likeness (QED) is 0.867. The number of thiophene rings is 1. The molecular formula is C15H21N3OS. The van der Waals surface area contributed by atoms with Gasteiger partial charge in [0.05, 0.1) is 10.6 Å². The molecule has 0 radical (unpaired) electrons. The van der Waals surface area contributed by atoms with Gasteiger partial charge in [0, 0.05) is 32.7 Å². The third-order valence-electron chi connectivity index (χ3n) is 3.91. The van der Waals surface area contributed by atoms with Crippen molar-refractivity contribution < 1.29 is 4.42 Å². The first-order chi connectivity index (χ1) is 9.76. The van der Waals surface area contributed by atoms with Crippen molar-refractivity contribution in [2.45, 2.75) is 20.4 Å². The van der Waals surface area contributed by atoms with Gasteiger partial charge in [0.2, 0.25) is 5.89 Å². The van der Waals surface area contributed by atoms with Crippen LogP contribution >= 0.6 is 11.3 Å². The molecule has 20 heavy (non-hydrogen) atoms. The molecule has 108 valence electrons. The number of aryl methyl sites for hydroxylation is 1. The van der Waals surface area contributed by atoms with E-state index < -0.39 is 0 Å². The van der Waals surface area contributed by atoms with Gasteiger partial charge in [-0.15, -0.1) is 11.3 Å². The zero-order valence-electron chi connectivity index (χ0n) is 12.1. The molecule has 3 rings (SSSR count). The van der Waals surface area contributed by atoms with E-state index in [1.807, 2.05) is 13.0 Å². The Morgan fingerprint density at radius 2 is 2.00 bits per heavy atom. The van der Waals surface area contributed by atoms with Crippen LogP contribution in [0, 0.1) is 6.92 Å². The van der Waals surface area contributed by atoms with Gasteiger partial charge in [0.1, 0.15) is 5.76 Å². The van der Waals surface area contributed by atoms with E-state index >= 15 is 0 Å². The summed E-state index contributed by atoms with van der Waals surface area (Å²) in [4.78, 5) is 10.7. The van der Waals surface area contributed by atoms with E-state index in [-0.39, 0.29) is 0 Å².